The topological polar surface area (TPSA) is 67.9 Å². The van der Waals surface area contributed by atoms with Gasteiger partial charge in [-0.3, -0.25) is 9.59 Å². The van der Waals surface area contributed by atoms with E-state index in [1.807, 2.05) is 50.2 Å². The Morgan fingerprint density at radius 2 is 1.73 bits per heavy atom. The van der Waals surface area contributed by atoms with E-state index in [1.165, 1.54) is 11.8 Å². The number of rotatable bonds is 5. The van der Waals surface area contributed by atoms with Crippen molar-refractivity contribution in [2.24, 2.45) is 0 Å². The van der Waals surface area contributed by atoms with Crippen LogP contribution in [-0.2, 0) is 16.1 Å². The van der Waals surface area contributed by atoms with Crippen LogP contribution in [0.25, 0.3) is 0 Å². The smallest absolute Gasteiger partial charge is 0.244 e. The van der Waals surface area contributed by atoms with Gasteiger partial charge in [0.15, 0.2) is 11.5 Å². The molecule has 136 valence electrons. The van der Waals surface area contributed by atoms with Crippen LogP contribution < -0.4 is 14.8 Å². The summed E-state index contributed by atoms with van der Waals surface area (Å²) in [5.74, 6) is 0.950. The van der Waals surface area contributed by atoms with Crippen LogP contribution in [0.1, 0.15) is 23.6 Å². The zero-order valence-corrected chi connectivity index (χ0v) is 15.2. The summed E-state index contributed by atoms with van der Waals surface area (Å²) in [4.78, 5) is 25.8. The number of fused-ring (bicyclic) bond motifs is 1. The first-order chi connectivity index (χ1) is 12.4. The van der Waals surface area contributed by atoms with Crippen LogP contribution in [0.5, 0.6) is 11.5 Å². The molecule has 6 nitrogen and oxygen atoms in total. The van der Waals surface area contributed by atoms with Crippen molar-refractivity contribution in [3.63, 3.8) is 0 Å². The monoisotopic (exact) mass is 354 g/mol. The van der Waals surface area contributed by atoms with Crippen molar-refractivity contribution < 1.29 is 19.1 Å². The Bertz CT molecular complexity index is 827. The quantitative estimate of drug-likeness (QED) is 0.896. The van der Waals surface area contributed by atoms with Crippen LogP contribution in [0.2, 0.25) is 0 Å². The van der Waals surface area contributed by atoms with Gasteiger partial charge in [-0.1, -0.05) is 12.1 Å². The first-order valence-electron chi connectivity index (χ1n) is 8.43. The number of benzene rings is 2. The molecule has 1 aliphatic heterocycles. The van der Waals surface area contributed by atoms with Crippen LogP contribution >= 0.6 is 0 Å². The number of nitrogens with zero attached hydrogens (tertiary/aromatic N) is 1. The molecule has 6 heteroatoms. The van der Waals surface area contributed by atoms with Crippen molar-refractivity contribution in [3.8, 4) is 11.5 Å². The second kappa shape index (κ2) is 7.47. The maximum Gasteiger partial charge on any atom is 0.244 e. The number of anilines is 1. The Morgan fingerprint density at radius 3 is 2.42 bits per heavy atom. The highest BCUT2D eigenvalue weighted by Gasteiger charge is 2.18. The Kier molecular flexibility index (Phi) is 5.11. The van der Waals surface area contributed by atoms with E-state index in [-0.39, 0.29) is 25.2 Å². The third kappa shape index (κ3) is 4.33. The Balaban J connectivity index is 1.66. The molecule has 0 saturated heterocycles. The third-order valence-electron chi connectivity index (χ3n) is 4.10. The van der Waals surface area contributed by atoms with E-state index < -0.39 is 0 Å². The standard InChI is InChI=1S/C20H22N2O4/c1-13-6-14(2)8-17(7-13)21-20(24)11-22(15(3)23)10-16-4-5-18-19(9-16)26-12-25-18/h4-9H,10-12H2,1-3H3,(H,21,24). The molecular formula is C20H22N2O4. The van der Waals surface area contributed by atoms with E-state index >= 15 is 0 Å². The van der Waals surface area contributed by atoms with Gasteiger partial charge in [0.25, 0.3) is 0 Å². The molecule has 3 rings (SSSR count). The lowest BCUT2D eigenvalue weighted by Crippen LogP contribution is -2.36. The highest BCUT2D eigenvalue weighted by atomic mass is 16.7. The zero-order valence-electron chi connectivity index (χ0n) is 15.2. The molecule has 1 N–H and O–H groups in total. The van der Waals surface area contributed by atoms with Crippen molar-refractivity contribution in [1.82, 2.24) is 4.90 Å². The lowest BCUT2D eigenvalue weighted by molar-refractivity contribution is -0.133. The Morgan fingerprint density at radius 1 is 1.04 bits per heavy atom. The lowest BCUT2D eigenvalue weighted by atomic mass is 10.1. The van der Waals surface area contributed by atoms with Gasteiger partial charge in [0.2, 0.25) is 18.6 Å². The molecule has 0 atom stereocenters. The van der Waals surface area contributed by atoms with Crippen molar-refractivity contribution in [1.29, 1.82) is 0 Å². The molecule has 26 heavy (non-hydrogen) atoms. The van der Waals surface area contributed by atoms with Crippen LogP contribution in [0.3, 0.4) is 0 Å². The number of nitrogens with one attached hydrogen (secondary N) is 1. The van der Waals surface area contributed by atoms with Gasteiger partial charge >= 0.3 is 0 Å². The first kappa shape index (κ1) is 17.8. The number of hydrogen-bond donors (Lipinski definition) is 1. The summed E-state index contributed by atoms with van der Waals surface area (Å²) < 4.78 is 10.6. The molecule has 0 radical (unpaired) electrons. The van der Waals surface area contributed by atoms with Crippen LogP contribution in [-0.4, -0.2) is 30.1 Å². The van der Waals surface area contributed by atoms with Gasteiger partial charge in [-0.05, 0) is 54.8 Å². The van der Waals surface area contributed by atoms with Crippen molar-refractivity contribution in [3.05, 3.63) is 53.1 Å². The van der Waals surface area contributed by atoms with E-state index in [0.29, 0.717) is 18.0 Å². The maximum absolute atomic E-state index is 12.4. The second-order valence-corrected chi connectivity index (χ2v) is 6.49. The third-order valence-corrected chi connectivity index (χ3v) is 4.10. The predicted molar refractivity (Wildman–Crippen MR) is 98.2 cm³/mol. The van der Waals surface area contributed by atoms with E-state index in [9.17, 15) is 9.59 Å². The number of aryl methyl sites for hydroxylation is 2. The zero-order chi connectivity index (χ0) is 18.7. The van der Waals surface area contributed by atoms with Gasteiger partial charge in [0.1, 0.15) is 6.54 Å². The predicted octanol–water partition coefficient (Wildman–Crippen LogP) is 3.02. The van der Waals surface area contributed by atoms with Gasteiger partial charge < -0.3 is 19.7 Å². The highest BCUT2D eigenvalue weighted by Crippen LogP contribution is 2.32. The molecule has 1 heterocycles. The molecule has 0 aliphatic carbocycles. The summed E-state index contributed by atoms with van der Waals surface area (Å²) in [5.41, 5.74) is 3.76. The van der Waals surface area contributed by atoms with Crippen LogP contribution in [0.15, 0.2) is 36.4 Å². The molecule has 2 aromatic rings. The fourth-order valence-electron chi connectivity index (χ4n) is 2.96. The number of carbonyl (C=O) groups is 2. The normalized spacial score (nSPS) is 12.0. The molecule has 2 aromatic carbocycles. The number of ether oxygens (including phenoxy) is 2. The van der Waals surface area contributed by atoms with Gasteiger partial charge in [-0.2, -0.15) is 0 Å². The summed E-state index contributed by atoms with van der Waals surface area (Å²) in [6.45, 7) is 5.92. The number of carbonyl (C=O) groups excluding carboxylic acids is 2. The van der Waals surface area contributed by atoms with Crippen molar-refractivity contribution >= 4 is 17.5 Å². The largest absolute Gasteiger partial charge is 0.454 e. The summed E-state index contributed by atoms with van der Waals surface area (Å²) in [7, 11) is 0. The van der Waals surface area contributed by atoms with E-state index in [2.05, 4.69) is 5.32 Å². The van der Waals surface area contributed by atoms with Crippen molar-refractivity contribution in [2.45, 2.75) is 27.3 Å². The molecule has 0 spiro atoms. The second-order valence-electron chi connectivity index (χ2n) is 6.49. The molecule has 0 saturated carbocycles. The first-order valence-corrected chi connectivity index (χ1v) is 8.43. The summed E-state index contributed by atoms with van der Waals surface area (Å²) >= 11 is 0. The molecule has 0 bridgehead atoms. The van der Waals surface area contributed by atoms with Crippen LogP contribution in [0, 0.1) is 13.8 Å². The van der Waals surface area contributed by atoms with Gasteiger partial charge in [-0.15, -0.1) is 0 Å². The summed E-state index contributed by atoms with van der Waals surface area (Å²) in [6.07, 6.45) is 0. The molecule has 0 unspecified atom stereocenters. The van der Waals surface area contributed by atoms with Gasteiger partial charge in [-0.25, -0.2) is 0 Å². The Labute approximate surface area is 152 Å². The minimum Gasteiger partial charge on any atom is -0.454 e. The lowest BCUT2D eigenvalue weighted by Gasteiger charge is -2.21. The maximum atomic E-state index is 12.4. The average molecular weight is 354 g/mol. The fourth-order valence-corrected chi connectivity index (χ4v) is 2.96. The van der Waals surface area contributed by atoms with Crippen LogP contribution in [0.4, 0.5) is 5.69 Å². The van der Waals surface area contributed by atoms with Crippen molar-refractivity contribution in [2.75, 3.05) is 18.7 Å². The SMILES string of the molecule is CC(=O)N(CC(=O)Nc1cc(C)cc(C)c1)Cc1ccc2c(c1)OCO2. The fraction of sp³-hybridized carbons (Fsp3) is 0.300. The van der Waals surface area contributed by atoms with E-state index in [4.69, 9.17) is 9.47 Å². The summed E-state index contributed by atoms with van der Waals surface area (Å²) in [5, 5.41) is 2.86. The van der Waals surface area contributed by atoms with E-state index in [0.717, 1.165) is 22.4 Å². The minimum absolute atomic E-state index is 0.0171. The number of hydrogen-bond acceptors (Lipinski definition) is 4. The highest BCUT2D eigenvalue weighted by molar-refractivity contribution is 5.94. The van der Waals surface area contributed by atoms with E-state index in [1.54, 1.807) is 0 Å². The molecule has 0 fully saturated rings. The van der Waals surface area contributed by atoms with Gasteiger partial charge in [0.05, 0.1) is 0 Å². The number of amides is 2. The summed E-state index contributed by atoms with van der Waals surface area (Å²) in [6, 6.07) is 11.4. The molecule has 0 aromatic heterocycles. The van der Waals surface area contributed by atoms with Gasteiger partial charge in [0, 0.05) is 19.2 Å². The Hall–Kier alpha value is -3.02. The minimum atomic E-state index is -0.231. The molecule has 1 aliphatic rings. The average Bonchev–Trinajstić information content (AvgIpc) is 3.00. The molecular weight excluding hydrogens is 332 g/mol. The molecule has 2 amide bonds.